The van der Waals surface area contributed by atoms with E-state index in [9.17, 15) is 4.79 Å². The van der Waals surface area contributed by atoms with Crippen molar-refractivity contribution in [2.45, 2.75) is 6.92 Å². The van der Waals surface area contributed by atoms with E-state index in [1.165, 1.54) is 6.20 Å². The molecule has 2 aromatic carbocycles. The number of rotatable bonds is 3. The summed E-state index contributed by atoms with van der Waals surface area (Å²) in [6.45, 7) is 1.85. The molecule has 0 spiro atoms. The molecule has 25 heavy (non-hydrogen) atoms. The van der Waals surface area contributed by atoms with Crippen molar-refractivity contribution in [3.8, 4) is 0 Å². The van der Waals surface area contributed by atoms with E-state index in [-0.39, 0.29) is 5.91 Å². The molecule has 0 saturated carbocycles. The van der Waals surface area contributed by atoms with Gasteiger partial charge >= 0.3 is 0 Å². The van der Waals surface area contributed by atoms with Crippen LogP contribution in [0.25, 0.3) is 21.9 Å². The van der Waals surface area contributed by atoms with E-state index in [1.54, 1.807) is 18.3 Å². The Morgan fingerprint density at radius 1 is 1.00 bits per heavy atom. The summed E-state index contributed by atoms with van der Waals surface area (Å²) < 4.78 is 5.83. The van der Waals surface area contributed by atoms with Crippen LogP contribution in [0.2, 0.25) is 0 Å². The molecule has 1 N–H and O–H groups in total. The number of hydrogen-bond acceptors (Lipinski definition) is 4. The molecule has 0 aliphatic carbocycles. The third-order valence-electron chi connectivity index (χ3n) is 4.04. The summed E-state index contributed by atoms with van der Waals surface area (Å²) in [6.07, 6.45) is 3.12. The Bertz CT molecular complexity index is 1100. The standard InChI is InChI=1S/C20H15N3O2/c1-13(22-23-20(24)15-5-4-10-21-12-15)14-8-9-19-17(11-14)16-6-2-3-7-18(16)25-19/h2-12H,1H3,(H,23,24)/b22-13-. The zero-order chi connectivity index (χ0) is 17.2. The lowest BCUT2D eigenvalue weighted by molar-refractivity contribution is 0.0954. The maximum absolute atomic E-state index is 12.1. The van der Waals surface area contributed by atoms with E-state index < -0.39 is 0 Å². The van der Waals surface area contributed by atoms with Gasteiger partial charge in [-0.3, -0.25) is 9.78 Å². The van der Waals surface area contributed by atoms with Crippen molar-refractivity contribution in [1.82, 2.24) is 10.4 Å². The summed E-state index contributed by atoms with van der Waals surface area (Å²) in [5.41, 5.74) is 6.35. The third kappa shape index (κ3) is 2.87. The minimum absolute atomic E-state index is 0.290. The first-order chi connectivity index (χ1) is 12.2. The fraction of sp³-hybridized carbons (Fsp3) is 0.0500. The summed E-state index contributed by atoms with van der Waals surface area (Å²) in [5, 5.41) is 6.29. The predicted octanol–water partition coefficient (Wildman–Crippen LogP) is 4.14. The van der Waals surface area contributed by atoms with Crippen molar-refractivity contribution in [3.63, 3.8) is 0 Å². The zero-order valence-corrected chi connectivity index (χ0v) is 13.6. The first-order valence-electron chi connectivity index (χ1n) is 7.89. The molecular weight excluding hydrogens is 314 g/mol. The fourth-order valence-electron chi connectivity index (χ4n) is 2.71. The van der Waals surface area contributed by atoms with Gasteiger partial charge in [0, 0.05) is 23.2 Å². The Balaban J connectivity index is 1.64. The number of pyridine rings is 1. The van der Waals surface area contributed by atoms with Gasteiger partial charge in [-0.15, -0.1) is 0 Å². The molecule has 2 aromatic heterocycles. The van der Waals surface area contributed by atoms with E-state index in [2.05, 4.69) is 15.5 Å². The number of furan rings is 1. The summed E-state index contributed by atoms with van der Waals surface area (Å²) in [6, 6.07) is 17.2. The number of fused-ring (bicyclic) bond motifs is 3. The van der Waals surface area contributed by atoms with Crippen LogP contribution in [0.1, 0.15) is 22.8 Å². The number of amides is 1. The molecule has 5 heteroatoms. The molecule has 0 saturated heterocycles. The minimum atomic E-state index is -0.290. The molecule has 1 amide bonds. The summed E-state index contributed by atoms with van der Waals surface area (Å²) in [5.74, 6) is -0.290. The number of hydrazone groups is 1. The summed E-state index contributed by atoms with van der Waals surface area (Å²) >= 11 is 0. The molecule has 4 aromatic rings. The summed E-state index contributed by atoms with van der Waals surface area (Å²) in [7, 11) is 0. The average molecular weight is 329 g/mol. The minimum Gasteiger partial charge on any atom is -0.456 e. The number of carbonyl (C=O) groups is 1. The summed E-state index contributed by atoms with van der Waals surface area (Å²) in [4.78, 5) is 16.0. The van der Waals surface area contributed by atoms with Crippen LogP contribution >= 0.6 is 0 Å². The quantitative estimate of drug-likeness (QED) is 0.454. The molecule has 2 heterocycles. The van der Waals surface area contributed by atoms with Crippen molar-refractivity contribution in [2.75, 3.05) is 0 Å². The predicted molar refractivity (Wildman–Crippen MR) is 97.6 cm³/mol. The van der Waals surface area contributed by atoms with Crippen LogP contribution in [0, 0.1) is 0 Å². The molecule has 0 fully saturated rings. The SMILES string of the molecule is C/C(=N/NC(=O)c1cccnc1)c1ccc2oc3ccccc3c2c1. The van der Waals surface area contributed by atoms with Crippen molar-refractivity contribution in [2.24, 2.45) is 5.10 Å². The Morgan fingerprint density at radius 3 is 2.68 bits per heavy atom. The van der Waals surface area contributed by atoms with E-state index in [1.807, 2.05) is 49.4 Å². The van der Waals surface area contributed by atoms with E-state index in [4.69, 9.17) is 4.42 Å². The normalized spacial score (nSPS) is 11.8. The number of benzene rings is 2. The molecule has 0 unspecified atom stereocenters. The molecule has 5 nitrogen and oxygen atoms in total. The van der Waals surface area contributed by atoms with Gasteiger partial charge in [0.1, 0.15) is 11.2 Å². The number of hydrogen-bond donors (Lipinski definition) is 1. The number of nitrogens with one attached hydrogen (secondary N) is 1. The van der Waals surface area contributed by atoms with Crippen molar-refractivity contribution in [1.29, 1.82) is 0 Å². The number of aromatic nitrogens is 1. The Labute approximate surface area is 144 Å². The second-order valence-electron chi connectivity index (χ2n) is 5.69. The smallest absolute Gasteiger partial charge is 0.272 e. The molecule has 0 aliphatic rings. The molecule has 0 radical (unpaired) electrons. The van der Waals surface area contributed by atoms with Crippen LogP contribution in [0.4, 0.5) is 0 Å². The van der Waals surface area contributed by atoms with Crippen molar-refractivity contribution < 1.29 is 9.21 Å². The molecular formula is C20H15N3O2. The highest BCUT2D eigenvalue weighted by Crippen LogP contribution is 2.29. The number of carbonyl (C=O) groups excluding carboxylic acids is 1. The average Bonchev–Trinajstić information content (AvgIpc) is 3.04. The molecule has 4 rings (SSSR count). The highest BCUT2D eigenvalue weighted by molar-refractivity contribution is 6.09. The lowest BCUT2D eigenvalue weighted by Crippen LogP contribution is -2.19. The second-order valence-corrected chi connectivity index (χ2v) is 5.69. The largest absolute Gasteiger partial charge is 0.456 e. The maximum atomic E-state index is 12.1. The Hall–Kier alpha value is -3.47. The lowest BCUT2D eigenvalue weighted by Gasteiger charge is -2.03. The second kappa shape index (κ2) is 6.20. The van der Waals surface area contributed by atoms with Crippen LogP contribution in [-0.2, 0) is 0 Å². The zero-order valence-electron chi connectivity index (χ0n) is 13.6. The first-order valence-corrected chi connectivity index (χ1v) is 7.89. The van der Waals surface area contributed by atoms with Gasteiger partial charge in [0.05, 0.1) is 11.3 Å². The molecule has 0 atom stereocenters. The number of nitrogens with zero attached hydrogens (tertiary/aromatic N) is 2. The third-order valence-corrected chi connectivity index (χ3v) is 4.04. The Kier molecular flexibility index (Phi) is 3.74. The molecule has 122 valence electrons. The Morgan fingerprint density at radius 2 is 1.84 bits per heavy atom. The van der Waals surface area contributed by atoms with Gasteiger partial charge in [-0.05, 0) is 48.9 Å². The van der Waals surface area contributed by atoms with Gasteiger partial charge in [-0.25, -0.2) is 5.43 Å². The van der Waals surface area contributed by atoms with Crippen LogP contribution < -0.4 is 5.43 Å². The maximum Gasteiger partial charge on any atom is 0.272 e. The highest BCUT2D eigenvalue weighted by atomic mass is 16.3. The lowest BCUT2D eigenvalue weighted by atomic mass is 10.1. The van der Waals surface area contributed by atoms with Gasteiger partial charge in [0.25, 0.3) is 5.91 Å². The van der Waals surface area contributed by atoms with Gasteiger partial charge < -0.3 is 4.42 Å². The number of para-hydroxylation sites is 1. The van der Waals surface area contributed by atoms with Gasteiger partial charge in [-0.1, -0.05) is 18.2 Å². The first kappa shape index (κ1) is 15.1. The van der Waals surface area contributed by atoms with E-state index in [0.717, 1.165) is 27.5 Å². The van der Waals surface area contributed by atoms with Gasteiger partial charge in [0.15, 0.2) is 0 Å². The van der Waals surface area contributed by atoms with E-state index in [0.29, 0.717) is 11.3 Å². The fourth-order valence-corrected chi connectivity index (χ4v) is 2.71. The topological polar surface area (TPSA) is 67.5 Å². The van der Waals surface area contributed by atoms with Crippen LogP contribution in [-0.4, -0.2) is 16.6 Å². The highest BCUT2D eigenvalue weighted by Gasteiger charge is 2.09. The van der Waals surface area contributed by atoms with Crippen LogP contribution in [0.3, 0.4) is 0 Å². The molecule has 0 bridgehead atoms. The molecule has 0 aliphatic heterocycles. The van der Waals surface area contributed by atoms with E-state index >= 15 is 0 Å². The van der Waals surface area contributed by atoms with Gasteiger partial charge in [-0.2, -0.15) is 5.10 Å². The van der Waals surface area contributed by atoms with Crippen LogP contribution in [0.15, 0.2) is 76.5 Å². The van der Waals surface area contributed by atoms with Gasteiger partial charge in [0.2, 0.25) is 0 Å². The van der Waals surface area contributed by atoms with Crippen LogP contribution in [0.5, 0.6) is 0 Å². The van der Waals surface area contributed by atoms with Crippen molar-refractivity contribution in [3.05, 3.63) is 78.1 Å². The monoisotopic (exact) mass is 329 g/mol. The van der Waals surface area contributed by atoms with Crippen molar-refractivity contribution >= 4 is 33.6 Å².